The number of hydrogen-bond donors (Lipinski definition) is 0. The Labute approximate surface area is 120 Å². The first-order chi connectivity index (χ1) is 10.3. The molecule has 0 aliphatic heterocycles. The Bertz CT molecular complexity index is 634. The average Bonchev–Trinajstić information content (AvgIpc) is 2.81. The molecule has 0 aromatic rings. The number of nitro groups is 4. The predicted molar refractivity (Wildman–Crippen MR) is 61.4 cm³/mol. The lowest BCUT2D eigenvalue weighted by molar-refractivity contribution is -0.823. The van der Waals surface area contributed by atoms with E-state index in [2.05, 4.69) is 0 Å². The number of nitrogens with zero attached hydrogens (tertiary/aromatic N) is 4. The zero-order valence-electron chi connectivity index (χ0n) is 10.7. The van der Waals surface area contributed by atoms with Crippen LogP contribution in [0.4, 0.5) is 0 Å². The maximum absolute atomic E-state index is 11.5. The van der Waals surface area contributed by atoms with Crippen LogP contribution in [0.3, 0.4) is 0 Å². The van der Waals surface area contributed by atoms with E-state index in [1.807, 2.05) is 0 Å². The first-order valence-electron chi connectivity index (χ1n) is 6.84. The fourth-order valence-electron chi connectivity index (χ4n) is 7.36. The van der Waals surface area contributed by atoms with E-state index in [0.717, 1.165) is 0 Å². The molecule has 0 spiro atoms. The molecule has 6 fully saturated rings. The third-order valence-corrected chi connectivity index (χ3v) is 7.34. The van der Waals surface area contributed by atoms with E-state index in [4.69, 9.17) is 0 Å². The molecule has 6 saturated carbocycles. The Morgan fingerprint density at radius 3 is 1.00 bits per heavy atom. The fraction of sp³-hybridized carbons (Fsp3) is 1.00. The summed E-state index contributed by atoms with van der Waals surface area (Å²) < 4.78 is 0. The number of rotatable bonds is 4. The molecule has 6 aliphatic rings. The second kappa shape index (κ2) is 2.77. The molecule has 22 heavy (non-hydrogen) atoms. The van der Waals surface area contributed by atoms with Crippen molar-refractivity contribution in [2.24, 2.45) is 47.3 Å². The van der Waals surface area contributed by atoms with Crippen LogP contribution in [-0.2, 0) is 0 Å². The van der Waals surface area contributed by atoms with Crippen molar-refractivity contribution < 1.29 is 19.7 Å². The van der Waals surface area contributed by atoms with Gasteiger partial charge in [0.05, 0.1) is 19.7 Å². The van der Waals surface area contributed by atoms with Gasteiger partial charge in [0.1, 0.15) is 23.7 Å². The van der Waals surface area contributed by atoms with Crippen LogP contribution in [0.5, 0.6) is 0 Å². The Hall–Kier alpha value is -2.40. The monoisotopic (exact) mass is 312 g/mol. The van der Waals surface area contributed by atoms with Crippen LogP contribution in [0.1, 0.15) is 0 Å². The number of hydrogen-bond acceptors (Lipinski definition) is 8. The summed E-state index contributed by atoms with van der Waals surface area (Å²) in [5.74, 6) is -6.07. The molecule has 12 nitrogen and oxygen atoms in total. The van der Waals surface area contributed by atoms with Crippen molar-refractivity contribution in [2.75, 3.05) is 0 Å². The standard InChI is InChI=1S/C10H8N4O8/c15-11(16)9(12(17)18)5-1-2-4(5)8-7(9)3(1)6(2)10(8,13(19)20)14(21)22/h1-8H. The van der Waals surface area contributed by atoms with E-state index in [1.54, 1.807) is 0 Å². The van der Waals surface area contributed by atoms with Crippen LogP contribution >= 0.6 is 0 Å². The van der Waals surface area contributed by atoms with Crippen molar-refractivity contribution in [3.63, 3.8) is 0 Å². The molecule has 6 aliphatic carbocycles. The SMILES string of the molecule is O=[N+]([O-])C1([N+](=O)[O-])C2C3C4C2C2C1C3C4C2([N+](=O)[O-])[N+](=O)[O-]. The van der Waals surface area contributed by atoms with Gasteiger partial charge in [-0.3, -0.25) is 40.5 Å². The van der Waals surface area contributed by atoms with Crippen LogP contribution in [-0.4, -0.2) is 31.0 Å². The Kier molecular flexibility index (Phi) is 1.53. The Morgan fingerprint density at radius 2 is 0.773 bits per heavy atom. The minimum absolute atomic E-state index is 0.325. The lowest BCUT2D eigenvalue weighted by Gasteiger charge is -2.58. The zero-order valence-corrected chi connectivity index (χ0v) is 10.7. The molecule has 12 heteroatoms. The van der Waals surface area contributed by atoms with Crippen LogP contribution < -0.4 is 0 Å². The smallest absolute Gasteiger partial charge is 0.258 e. The molecule has 4 bridgehead atoms. The predicted octanol–water partition coefficient (Wildman–Crippen LogP) is -0.517. The highest BCUT2D eigenvalue weighted by atomic mass is 16.7. The molecule has 116 valence electrons. The Morgan fingerprint density at radius 1 is 0.500 bits per heavy atom. The first-order valence-corrected chi connectivity index (χ1v) is 6.84. The van der Waals surface area contributed by atoms with E-state index < -0.39 is 66.5 Å². The molecule has 0 radical (unpaired) electrons. The molecule has 0 aromatic carbocycles. The summed E-state index contributed by atoms with van der Waals surface area (Å²) in [6, 6.07) is 0. The quantitative estimate of drug-likeness (QED) is 0.378. The van der Waals surface area contributed by atoms with Crippen molar-refractivity contribution in [3.05, 3.63) is 40.5 Å². The molecule has 0 aromatic heterocycles. The van der Waals surface area contributed by atoms with Crippen LogP contribution in [0.15, 0.2) is 0 Å². The molecule has 8 atom stereocenters. The van der Waals surface area contributed by atoms with Gasteiger partial charge in [-0.1, -0.05) is 0 Å². The minimum atomic E-state index is -2.47. The maximum atomic E-state index is 11.5. The summed E-state index contributed by atoms with van der Waals surface area (Å²) in [5, 5.41) is 46.0. The van der Waals surface area contributed by atoms with Gasteiger partial charge in [-0.05, 0) is 23.7 Å². The van der Waals surface area contributed by atoms with Gasteiger partial charge in [-0.2, -0.15) is 0 Å². The summed E-state index contributed by atoms with van der Waals surface area (Å²) in [7, 11) is 0. The first kappa shape index (κ1) is 12.2. The van der Waals surface area contributed by atoms with Crippen molar-refractivity contribution in [1.29, 1.82) is 0 Å². The van der Waals surface area contributed by atoms with Gasteiger partial charge in [0.15, 0.2) is 0 Å². The van der Waals surface area contributed by atoms with E-state index in [9.17, 15) is 40.5 Å². The second-order valence-electron chi connectivity index (χ2n) is 7.01. The van der Waals surface area contributed by atoms with Gasteiger partial charge >= 0.3 is 11.3 Å². The summed E-state index contributed by atoms with van der Waals surface area (Å²) in [6.07, 6.45) is 0. The maximum Gasteiger partial charge on any atom is 0.465 e. The fourth-order valence-corrected chi connectivity index (χ4v) is 7.36. The van der Waals surface area contributed by atoms with Crippen LogP contribution in [0.25, 0.3) is 0 Å². The third-order valence-electron chi connectivity index (χ3n) is 7.34. The highest BCUT2D eigenvalue weighted by Gasteiger charge is 3.11. The van der Waals surface area contributed by atoms with Crippen LogP contribution in [0.2, 0.25) is 0 Å². The summed E-state index contributed by atoms with van der Waals surface area (Å²) in [4.78, 5) is 42.2. The van der Waals surface area contributed by atoms with Crippen molar-refractivity contribution in [3.8, 4) is 0 Å². The largest absolute Gasteiger partial charge is 0.465 e. The lowest BCUT2D eigenvalue weighted by atomic mass is 9.41. The minimum Gasteiger partial charge on any atom is -0.258 e. The summed E-state index contributed by atoms with van der Waals surface area (Å²) in [6.45, 7) is 0. The highest BCUT2D eigenvalue weighted by molar-refractivity contribution is 5.40. The van der Waals surface area contributed by atoms with E-state index in [-0.39, 0.29) is 11.8 Å². The average molecular weight is 312 g/mol. The van der Waals surface area contributed by atoms with Gasteiger partial charge in [0, 0.05) is 0 Å². The topological polar surface area (TPSA) is 173 Å². The molecular formula is C10H8N4O8. The molecular weight excluding hydrogens is 304 g/mol. The second-order valence-corrected chi connectivity index (χ2v) is 7.01. The van der Waals surface area contributed by atoms with Crippen molar-refractivity contribution in [2.45, 2.75) is 11.3 Å². The van der Waals surface area contributed by atoms with Gasteiger partial charge < -0.3 is 0 Å². The van der Waals surface area contributed by atoms with E-state index >= 15 is 0 Å². The summed E-state index contributed by atoms with van der Waals surface area (Å²) >= 11 is 0. The molecule has 0 saturated heterocycles. The highest BCUT2D eigenvalue weighted by Crippen LogP contribution is 2.93. The van der Waals surface area contributed by atoms with Crippen molar-refractivity contribution in [1.82, 2.24) is 0 Å². The van der Waals surface area contributed by atoms with Gasteiger partial charge in [-0.25, -0.2) is 0 Å². The zero-order chi connectivity index (χ0) is 15.9. The molecule has 0 N–H and O–H groups in total. The lowest BCUT2D eigenvalue weighted by Crippen LogP contribution is -2.64. The van der Waals surface area contributed by atoms with Gasteiger partial charge in [-0.15, -0.1) is 0 Å². The summed E-state index contributed by atoms with van der Waals surface area (Å²) in [5.41, 5.74) is -4.94. The Balaban J connectivity index is 1.77. The molecule has 0 amide bonds. The van der Waals surface area contributed by atoms with E-state index in [1.165, 1.54) is 0 Å². The normalized spacial score (nSPS) is 52.0. The van der Waals surface area contributed by atoms with Crippen LogP contribution in [0, 0.1) is 87.8 Å². The molecule has 6 rings (SSSR count). The third kappa shape index (κ3) is 0.662. The van der Waals surface area contributed by atoms with Gasteiger partial charge in [0.25, 0.3) is 0 Å². The van der Waals surface area contributed by atoms with Gasteiger partial charge in [0.2, 0.25) is 0 Å². The molecule has 0 heterocycles. The molecule has 8 unspecified atom stereocenters. The van der Waals surface area contributed by atoms with E-state index in [0.29, 0.717) is 0 Å². The van der Waals surface area contributed by atoms with Crippen molar-refractivity contribution >= 4 is 0 Å².